The van der Waals surface area contributed by atoms with Gasteiger partial charge in [-0.15, -0.1) is 9.24 Å². The molecule has 0 N–H and O–H groups in total. The summed E-state index contributed by atoms with van der Waals surface area (Å²) < 4.78 is 0. The van der Waals surface area contributed by atoms with Crippen LogP contribution in [0.3, 0.4) is 0 Å². The summed E-state index contributed by atoms with van der Waals surface area (Å²) in [5.41, 5.74) is 1.75. The first-order valence-corrected chi connectivity index (χ1v) is 8.10. The number of ketones is 1. The lowest BCUT2D eigenvalue weighted by molar-refractivity contribution is -0.130. The van der Waals surface area contributed by atoms with E-state index in [4.69, 9.17) is 0 Å². The molecule has 5 heteroatoms. The van der Waals surface area contributed by atoms with Gasteiger partial charge in [0.25, 0.3) is 0 Å². The molecule has 124 valence electrons. The second-order valence-corrected chi connectivity index (χ2v) is 6.83. The van der Waals surface area contributed by atoms with Crippen molar-refractivity contribution in [3.05, 3.63) is 22.3 Å². The summed E-state index contributed by atoms with van der Waals surface area (Å²) in [6, 6.07) is 0. The Bertz CT molecular complexity index is 526. The number of carbonyl (C=O) groups excluding carboxylic acids is 3. The molecule has 0 heterocycles. The Labute approximate surface area is 136 Å². The van der Waals surface area contributed by atoms with Crippen molar-refractivity contribution in [2.45, 2.75) is 48.0 Å². The molecule has 0 aliphatic rings. The molecule has 4 nitrogen and oxygen atoms in total. The Balaban J connectivity index is 5.72. The van der Waals surface area contributed by atoms with Crippen LogP contribution in [-0.4, -0.2) is 36.2 Å². The lowest BCUT2D eigenvalue weighted by Crippen LogP contribution is -2.33. The average molecular weight is 325 g/mol. The van der Waals surface area contributed by atoms with Gasteiger partial charge in [0.15, 0.2) is 5.78 Å². The van der Waals surface area contributed by atoms with Crippen molar-refractivity contribution in [3.63, 3.8) is 0 Å². The van der Waals surface area contributed by atoms with E-state index in [1.54, 1.807) is 25.8 Å². The lowest BCUT2D eigenvalue weighted by atomic mass is 9.75. The first kappa shape index (κ1) is 20.7. The molecule has 0 saturated heterocycles. The van der Waals surface area contributed by atoms with E-state index in [0.717, 1.165) is 5.57 Å². The monoisotopic (exact) mass is 325 g/mol. The fraction of sp³-hybridized carbons (Fsp3) is 0.588. The first-order valence-electron chi connectivity index (χ1n) is 7.29. The molecule has 0 saturated carbocycles. The van der Waals surface area contributed by atoms with E-state index in [-0.39, 0.29) is 18.1 Å². The topological polar surface area (TPSA) is 54.5 Å². The van der Waals surface area contributed by atoms with Gasteiger partial charge in [-0.3, -0.25) is 14.4 Å². The van der Waals surface area contributed by atoms with Crippen molar-refractivity contribution in [2.24, 2.45) is 5.41 Å². The quantitative estimate of drug-likeness (QED) is 0.410. The minimum absolute atomic E-state index is 0.0136. The van der Waals surface area contributed by atoms with E-state index in [0.29, 0.717) is 29.3 Å². The second kappa shape index (κ2) is 8.38. The number of aldehydes is 1. The number of allylic oxidation sites excluding steroid dienone is 4. The van der Waals surface area contributed by atoms with Gasteiger partial charge in [0.05, 0.1) is 0 Å². The summed E-state index contributed by atoms with van der Waals surface area (Å²) in [7, 11) is 4.24. The molecule has 1 atom stereocenters. The second-order valence-electron chi connectivity index (χ2n) is 6.46. The van der Waals surface area contributed by atoms with Gasteiger partial charge in [0.1, 0.15) is 6.29 Å². The van der Waals surface area contributed by atoms with E-state index >= 15 is 0 Å². The number of Topliss-reactive ketones (excluding diaryl/α,β-unsaturated/α-hetero) is 1. The van der Waals surface area contributed by atoms with Gasteiger partial charge in [-0.2, -0.15) is 0 Å². The van der Waals surface area contributed by atoms with Crippen molar-refractivity contribution in [2.75, 3.05) is 13.3 Å². The molecule has 0 spiro atoms. The Morgan fingerprint density at radius 3 is 2.00 bits per heavy atom. The highest BCUT2D eigenvalue weighted by molar-refractivity contribution is 7.16. The van der Waals surface area contributed by atoms with Crippen molar-refractivity contribution >= 4 is 27.2 Å². The smallest absolute Gasteiger partial charge is 0.223 e. The fourth-order valence-electron chi connectivity index (χ4n) is 2.37. The maximum atomic E-state index is 12.7. The summed E-state index contributed by atoms with van der Waals surface area (Å²) >= 11 is 0. The van der Waals surface area contributed by atoms with Crippen LogP contribution in [0.2, 0.25) is 0 Å². The van der Waals surface area contributed by atoms with Crippen LogP contribution in [0, 0.1) is 5.41 Å². The Morgan fingerprint density at radius 2 is 1.64 bits per heavy atom. The van der Waals surface area contributed by atoms with Gasteiger partial charge in [-0.1, -0.05) is 19.4 Å². The molecule has 0 aromatic rings. The maximum absolute atomic E-state index is 12.7. The molecule has 1 unspecified atom stereocenters. The zero-order valence-electron chi connectivity index (χ0n) is 14.7. The molecule has 0 radical (unpaired) electrons. The highest BCUT2D eigenvalue weighted by Gasteiger charge is 2.33. The van der Waals surface area contributed by atoms with Gasteiger partial charge in [-0.05, 0) is 33.3 Å². The van der Waals surface area contributed by atoms with Crippen LogP contribution < -0.4 is 0 Å². The molecule has 0 rings (SSSR count). The van der Waals surface area contributed by atoms with Crippen LogP contribution in [-0.2, 0) is 14.4 Å². The van der Waals surface area contributed by atoms with Crippen molar-refractivity contribution in [3.8, 4) is 0 Å². The van der Waals surface area contributed by atoms with Crippen LogP contribution >= 0.6 is 9.24 Å². The molecular weight excluding hydrogens is 297 g/mol. The number of amides is 1. The summed E-state index contributed by atoms with van der Waals surface area (Å²) in [6.07, 6.45) is 1.49. The number of nitrogens with zero attached hydrogens (tertiary/aromatic N) is 1. The van der Waals surface area contributed by atoms with Crippen LogP contribution in [0.25, 0.3) is 0 Å². The van der Waals surface area contributed by atoms with Crippen LogP contribution in [0.15, 0.2) is 22.3 Å². The number of carbonyl (C=O) groups is 3. The van der Waals surface area contributed by atoms with Crippen molar-refractivity contribution < 1.29 is 14.4 Å². The Kier molecular flexibility index (Phi) is 7.89. The minimum atomic E-state index is -0.592. The van der Waals surface area contributed by atoms with Gasteiger partial charge >= 0.3 is 0 Å². The number of hydrogen-bond acceptors (Lipinski definition) is 3. The van der Waals surface area contributed by atoms with E-state index in [9.17, 15) is 14.4 Å². The lowest BCUT2D eigenvalue weighted by Gasteiger charge is -2.30. The predicted molar refractivity (Wildman–Crippen MR) is 93.6 cm³/mol. The van der Waals surface area contributed by atoms with Crippen LogP contribution in [0.4, 0.5) is 0 Å². The normalized spacial score (nSPS) is 12.4. The van der Waals surface area contributed by atoms with Crippen molar-refractivity contribution in [1.29, 1.82) is 0 Å². The van der Waals surface area contributed by atoms with Crippen molar-refractivity contribution in [1.82, 2.24) is 4.90 Å². The molecule has 22 heavy (non-hydrogen) atoms. The standard InChI is InChI=1S/C17H28NO3P/c1-11(2)15(16(21)13(4)12(3)9-19)17(5,6)8-14(20)18(7)10-22/h9H,8,10,22H2,1-7H3/b13-12-. The Morgan fingerprint density at radius 1 is 1.14 bits per heavy atom. The molecule has 0 aromatic carbocycles. The fourth-order valence-corrected chi connectivity index (χ4v) is 2.57. The van der Waals surface area contributed by atoms with E-state index in [1.807, 2.05) is 27.7 Å². The molecular formula is C17H28NO3P. The molecule has 0 bridgehead atoms. The highest BCUT2D eigenvalue weighted by Crippen LogP contribution is 2.35. The third-order valence-electron chi connectivity index (χ3n) is 3.81. The zero-order chi connectivity index (χ0) is 17.7. The first-order chi connectivity index (χ1) is 9.99. The zero-order valence-corrected chi connectivity index (χ0v) is 15.9. The van der Waals surface area contributed by atoms with Gasteiger partial charge in [-0.25, -0.2) is 0 Å². The minimum Gasteiger partial charge on any atom is -0.342 e. The summed E-state index contributed by atoms with van der Waals surface area (Å²) in [5, 5.41) is 0. The molecule has 0 aliphatic heterocycles. The number of hydrogen-bond donors (Lipinski definition) is 0. The van der Waals surface area contributed by atoms with Crippen LogP contribution in [0.1, 0.15) is 48.0 Å². The maximum Gasteiger partial charge on any atom is 0.223 e. The van der Waals surface area contributed by atoms with Crippen LogP contribution in [0.5, 0.6) is 0 Å². The van der Waals surface area contributed by atoms with Gasteiger partial charge in [0, 0.05) is 36.3 Å². The summed E-state index contributed by atoms with van der Waals surface area (Å²) in [5.74, 6) is -0.170. The third-order valence-corrected chi connectivity index (χ3v) is 4.35. The van der Waals surface area contributed by atoms with Gasteiger partial charge < -0.3 is 4.90 Å². The number of rotatable bonds is 7. The van der Waals surface area contributed by atoms with E-state index < -0.39 is 5.41 Å². The van der Waals surface area contributed by atoms with E-state index in [1.165, 1.54) is 0 Å². The van der Waals surface area contributed by atoms with Gasteiger partial charge in [0.2, 0.25) is 5.91 Å². The summed E-state index contributed by atoms with van der Waals surface area (Å²) in [6.45, 7) is 10.8. The third kappa shape index (κ3) is 5.17. The Hall–Kier alpha value is -1.28. The average Bonchev–Trinajstić information content (AvgIpc) is 2.42. The highest BCUT2D eigenvalue weighted by atomic mass is 31.0. The SMILES string of the molecule is CC(C)=C(C(=O)/C(C)=C(/C)C=O)C(C)(C)CC(=O)N(C)CP. The molecule has 0 fully saturated rings. The molecule has 0 aromatic heterocycles. The molecule has 0 aliphatic carbocycles. The molecule has 1 amide bonds. The van der Waals surface area contributed by atoms with E-state index in [2.05, 4.69) is 9.24 Å². The predicted octanol–water partition coefficient (Wildman–Crippen LogP) is 3.13. The summed E-state index contributed by atoms with van der Waals surface area (Å²) in [4.78, 5) is 37.5. The largest absolute Gasteiger partial charge is 0.342 e.